The Hall–Kier alpha value is -0.530. The largest absolute Gasteiger partial charge is 0.444 e. The minimum Gasteiger partial charge on any atom is -0.444 e. The van der Waals surface area contributed by atoms with E-state index in [9.17, 15) is 9.59 Å². The van der Waals surface area contributed by atoms with Crippen LogP contribution in [-0.4, -0.2) is 45.1 Å². The van der Waals surface area contributed by atoms with Gasteiger partial charge in [-0.05, 0) is 39.0 Å². The quantitative estimate of drug-likeness (QED) is 0.539. The topological polar surface area (TPSA) is 58.6 Å². The summed E-state index contributed by atoms with van der Waals surface area (Å²) in [4.78, 5) is 27.1. The van der Waals surface area contributed by atoms with Crippen molar-refractivity contribution in [3.8, 4) is 0 Å². The molecule has 5 nitrogen and oxygen atoms in total. The lowest BCUT2D eigenvalue weighted by atomic mass is 9.89. The Kier molecular flexibility index (Phi) is 7.16. The number of hydrogen-bond acceptors (Lipinski definition) is 3. The Labute approximate surface area is 154 Å². The molecule has 1 fully saturated rings. The number of alkyl halides is 1. The molecule has 0 aromatic carbocycles. The SMILES string of the molecule is CC(C)C[C@@H]1C(=O)N[C@H](C(C)C)[C@H](CI)N1C(=O)OC(C)(C)C. The second-order valence-corrected chi connectivity index (χ2v) is 8.91. The molecule has 0 aromatic heterocycles. The number of amides is 2. The van der Waals surface area contributed by atoms with Crippen LogP contribution in [0.2, 0.25) is 0 Å². The molecule has 1 saturated heterocycles. The zero-order valence-electron chi connectivity index (χ0n) is 15.4. The standard InChI is InChI=1S/C17H31IN2O3/c1-10(2)8-12-15(21)19-14(11(3)4)13(9-18)20(12)16(22)23-17(5,6)7/h10-14H,8-9H2,1-7H3,(H,19,21)/t12-,13+,14-/m1/s1. The first kappa shape index (κ1) is 20.5. The van der Waals surface area contributed by atoms with E-state index in [1.807, 2.05) is 20.8 Å². The van der Waals surface area contributed by atoms with Gasteiger partial charge in [0.2, 0.25) is 5.91 Å². The normalized spacial score (nSPS) is 25.7. The average molecular weight is 438 g/mol. The highest BCUT2D eigenvalue weighted by Crippen LogP contribution is 2.28. The van der Waals surface area contributed by atoms with Crippen LogP contribution < -0.4 is 5.32 Å². The molecule has 2 amide bonds. The van der Waals surface area contributed by atoms with Crippen LogP contribution in [0.4, 0.5) is 4.79 Å². The summed E-state index contributed by atoms with van der Waals surface area (Å²) >= 11 is 2.29. The molecule has 1 aliphatic rings. The van der Waals surface area contributed by atoms with Gasteiger partial charge in [0.1, 0.15) is 11.6 Å². The fourth-order valence-electron chi connectivity index (χ4n) is 2.91. The molecule has 0 bridgehead atoms. The summed E-state index contributed by atoms with van der Waals surface area (Å²) in [5.41, 5.74) is -0.573. The lowest BCUT2D eigenvalue weighted by Gasteiger charge is -2.47. The third-order valence-electron chi connectivity index (χ3n) is 3.89. The van der Waals surface area contributed by atoms with Gasteiger partial charge in [-0.25, -0.2) is 4.79 Å². The predicted molar refractivity (Wildman–Crippen MR) is 101 cm³/mol. The van der Waals surface area contributed by atoms with Crippen molar-refractivity contribution in [2.24, 2.45) is 11.8 Å². The first-order valence-electron chi connectivity index (χ1n) is 8.35. The maximum atomic E-state index is 12.8. The Morgan fingerprint density at radius 3 is 2.26 bits per heavy atom. The number of carbonyl (C=O) groups excluding carboxylic acids is 2. The van der Waals surface area contributed by atoms with E-state index in [2.05, 4.69) is 55.6 Å². The highest BCUT2D eigenvalue weighted by Gasteiger charge is 2.46. The maximum Gasteiger partial charge on any atom is 0.411 e. The van der Waals surface area contributed by atoms with Crippen LogP contribution in [0.25, 0.3) is 0 Å². The van der Waals surface area contributed by atoms with Crippen LogP contribution in [0.5, 0.6) is 0 Å². The Balaban J connectivity index is 3.18. The molecule has 0 radical (unpaired) electrons. The van der Waals surface area contributed by atoms with Crippen LogP contribution in [-0.2, 0) is 9.53 Å². The monoisotopic (exact) mass is 438 g/mol. The molecule has 0 saturated carbocycles. The number of carbonyl (C=O) groups is 2. The van der Waals surface area contributed by atoms with E-state index in [0.717, 1.165) is 4.43 Å². The number of nitrogens with zero attached hydrogens (tertiary/aromatic N) is 1. The van der Waals surface area contributed by atoms with Gasteiger partial charge in [0.05, 0.1) is 12.1 Å². The lowest BCUT2D eigenvalue weighted by Crippen LogP contribution is -2.69. The van der Waals surface area contributed by atoms with Crippen molar-refractivity contribution < 1.29 is 14.3 Å². The Morgan fingerprint density at radius 2 is 1.87 bits per heavy atom. The van der Waals surface area contributed by atoms with Crippen molar-refractivity contribution >= 4 is 34.6 Å². The number of hydrogen-bond donors (Lipinski definition) is 1. The molecule has 6 heteroatoms. The van der Waals surface area contributed by atoms with Gasteiger partial charge < -0.3 is 10.1 Å². The van der Waals surface area contributed by atoms with Gasteiger partial charge in [-0.3, -0.25) is 9.69 Å². The van der Waals surface area contributed by atoms with E-state index in [1.165, 1.54) is 0 Å². The average Bonchev–Trinajstić information content (AvgIpc) is 2.37. The van der Waals surface area contributed by atoms with E-state index in [1.54, 1.807) is 4.90 Å². The fraction of sp³-hybridized carbons (Fsp3) is 0.882. The summed E-state index contributed by atoms with van der Waals surface area (Å²) in [5, 5.41) is 3.13. The van der Waals surface area contributed by atoms with Crippen LogP contribution in [0, 0.1) is 11.8 Å². The van der Waals surface area contributed by atoms with E-state index in [4.69, 9.17) is 4.74 Å². The van der Waals surface area contributed by atoms with Gasteiger partial charge in [-0.1, -0.05) is 50.3 Å². The van der Waals surface area contributed by atoms with Crippen LogP contribution in [0.1, 0.15) is 54.9 Å². The minimum absolute atomic E-state index is 0.0460. The molecule has 1 rings (SSSR count). The van der Waals surface area contributed by atoms with Crippen LogP contribution in [0.3, 0.4) is 0 Å². The number of rotatable bonds is 4. The highest BCUT2D eigenvalue weighted by atomic mass is 127. The zero-order chi connectivity index (χ0) is 17.9. The van der Waals surface area contributed by atoms with E-state index < -0.39 is 11.6 Å². The second kappa shape index (κ2) is 8.03. The first-order chi connectivity index (χ1) is 10.5. The number of ether oxygens (including phenoxy) is 1. The molecule has 0 aromatic rings. The maximum absolute atomic E-state index is 12.8. The van der Waals surface area contributed by atoms with Crippen molar-refractivity contribution in [3.05, 3.63) is 0 Å². The van der Waals surface area contributed by atoms with Crippen molar-refractivity contribution in [3.63, 3.8) is 0 Å². The molecule has 0 spiro atoms. The number of piperazine rings is 1. The summed E-state index contributed by atoms with van der Waals surface area (Å²) in [5.74, 6) is 0.508. The Bertz CT molecular complexity index is 432. The molecule has 134 valence electrons. The molecular formula is C17H31IN2O3. The minimum atomic E-state index is -0.573. The predicted octanol–water partition coefficient (Wildman–Crippen LogP) is 3.60. The van der Waals surface area contributed by atoms with E-state index in [0.29, 0.717) is 12.3 Å². The van der Waals surface area contributed by atoms with Gasteiger partial charge in [0, 0.05) is 4.43 Å². The van der Waals surface area contributed by atoms with Crippen molar-refractivity contribution in [1.29, 1.82) is 0 Å². The first-order valence-corrected chi connectivity index (χ1v) is 9.88. The van der Waals surface area contributed by atoms with Gasteiger partial charge in [-0.2, -0.15) is 0 Å². The summed E-state index contributed by atoms with van der Waals surface area (Å²) in [7, 11) is 0. The van der Waals surface area contributed by atoms with Crippen molar-refractivity contribution in [2.75, 3.05) is 4.43 Å². The second-order valence-electron chi connectivity index (χ2n) is 8.03. The van der Waals surface area contributed by atoms with Crippen molar-refractivity contribution in [1.82, 2.24) is 10.2 Å². The highest BCUT2D eigenvalue weighted by molar-refractivity contribution is 14.1. The molecule has 0 unspecified atom stereocenters. The lowest BCUT2D eigenvalue weighted by molar-refractivity contribution is -0.134. The van der Waals surface area contributed by atoms with Crippen LogP contribution >= 0.6 is 22.6 Å². The summed E-state index contributed by atoms with van der Waals surface area (Å²) in [6.07, 6.45) is 0.258. The molecule has 0 aliphatic carbocycles. The van der Waals surface area contributed by atoms with E-state index >= 15 is 0 Å². The molecule has 23 heavy (non-hydrogen) atoms. The zero-order valence-corrected chi connectivity index (χ0v) is 17.5. The fourth-order valence-corrected chi connectivity index (χ4v) is 3.89. The van der Waals surface area contributed by atoms with E-state index in [-0.39, 0.29) is 30.0 Å². The summed E-state index contributed by atoms with van der Waals surface area (Å²) in [6.45, 7) is 13.8. The summed E-state index contributed by atoms with van der Waals surface area (Å²) < 4.78 is 6.36. The van der Waals surface area contributed by atoms with Crippen LogP contribution in [0.15, 0.2) is 0 Å². The van der Waals surface area contributed by atoms with Crippen molar-refractivity contribution in [2.45, 2.75) is 78.6 Å². The summed E-state index contributed by atoms with van der Waals surface area (Å²) in [6, 6.07) is -0.554. The third kappa shape index (κ3) is 5.50. The van der Waals surface area contributed by atoms with Gasteiger partial charge in [0.15, 0.2) is 0 Å². The Morgan fingerprint density at radius 1 is 1.30 bits per heavy atom. The molecular weight excluding hydrogens is 407 g/mol. The molecule has 1 N–H and O–H groups in total. The number of nitrogens with one attached hydrogen (secondary N) is 1. The molecule has 1 aliphatic heterocycles. The van der Waals surface area contributed by atoms with Gasteiger partial charge >= 0.3 is 6.09 Å². The van der Waals surface area contributed by atoms with Gasteiger partial charge in [-0.15, -0.1) is 0 Å². The molecule has 3 atom stereocenters. The molecule has 1 heterocycles. The smallest absolute Gasteiger partial charge is 0.411 e. The van der Waals surface area contributed by atoms with Gasteiger partial charge in [0.25, 0.3) is 0 Å². The third-order valence-corrected chi connectivity index (χ3v) is 4.80. The number of halogens is 1.